The average Bonchev–Trinajstić information content (AvgIpc) is 2.29. The molecule has 0 radical (unpaired) electrons. The number of carbonyl (C=O) groups is 3. The molecular weight excluding hydrogens is 257 g/mol. The Morgan fingerprint density at radius 1 is 1.37 bits per heavy atom. The van der Waals surface area contributed by atoms with Crippen LogP contribution in [0, 0.1) is 0 Å². The third-order valence-electron chi connectivity index (χ3n) is 2.62. The van der Waals surface area contributed by atoms with E-state index in [1.807, 2.05) is 0 Å². The number of hydrogen-bond acceptors (Lipinski definition) is 5. The lowest BCUT2D eigenvalue weighted by Crippen LogP contribution is -2.58. The molecule has 0 aromatic heterocycles. The number of Topliss-reactive ketones (excluding diaryl/α,β-unsaturated/α-hetero) is 1. The quantitative estimate of drug-likeness (QED) is 0.529. The maximum Gasteiger partial charge on any atom is 0.410 e. The van der Waals surface area contributed by atoms with E-state index in [0.717, 1.165) is 12.0 Å². The van der Waals surface area contributed by atoms with Crippen LogP contribution >= 0.6 is 0 Å². The molecule has 6 nitrogen and oxygen atoms in total. The Bertz CT molecular complexity index is 393. The molecule has 0 saturated carbocycles. The normalized spacial score (nSPS) is 24.1. The number of likely N-dealkylation sites (tertiary alicyclic amines) is 1. The number of ether oxygens (including phenoxy) is 2. The van der Waals surface area contributed by atoms with Gasteiger partial charge in [-0.1, -0.05) is 0 Å². The van der Waals surface area contributed by atoms with Crippen LogP contribution in [0.2, 0.25) is 0 Å². The van der Waals surface area contributed by atoms with Crippen molar-refractivity contribution in [1.29, 1.82) is 0 Å². The number of amides is 1. The van der Waals surface area contributed by atoms with Gasteiger partial charge in [0.15, 0.2) is 5.78 Å². The van der Waals surface area contributed by atoms with Gasteiger partial charge in [-0.2, -0.15) is 0 Å². The Morgan fingerprint density at radius 3 is 2.42 bits per heavy atom. The molecule has 1 aliphatic rings. The number of halogens is 1. The van der Waals surface area contributed by atoms with Crippen LogP contribution in [0.4, 0.5) is 9.18 Å². The summed E-state index contributed by atoms with van der Waals surface area (Å²) >= 11 is 0. The van der Waals surface area contributed by atoms with Gasteiger partial charge in [-0.05, 0) is 20.8 Å². The minimum Gasteiger partial charge on any atom is -0.466 e. The Morgan fingerprint density at radius 2 is 1.95 bits per heavy atom. The summed E-state index contributed by atoms with van der Waals surface area (Å²) in [6, 6.07) is 0. The molecule has 0 spiro atoms. The van der Waals surface area contributed by atoms with Crippen LogP contribution in [0.25, 0.3) is 0 Å². The van der Waals surface area contributed by atoms with Crippen LogP contribution in [0.5, 0.6) is 0 Å². The zero-order chi connectivity index (χ0) is 14.8. The standard InChI is InChI=1S/C12H18FNO5/c1-11(2,3)19-10(17)14-6-5-8(15)12(13,7-14)9(16)18-4/h5-7H2,1-4H3. The first-order valence-electron chi connectivity index (χ1n) is 5.89. The van der Waals surface area contributed by atoms with Gasteiger partial charge in [0.1, 0.15) is 5.60 Å². The molecule has 0 aliphatic carbocycles. The van der Waals surface area contributed by atoms with Crippen LogP contribution in [0.1, 0.15) is 27.2 Å². The van der Waals surface area contributed by atoms with E-state index in [2.05, 4.69) is 4.74 Å². The number of hydrogen-bond donors (Lipinski definition) is 0. The van der Waals surface area contributed by atoms with E-state index >= 15 is 0 Å². The summed E-state index contributed by atoms with van der Waals surface area (Å²) in [5, 5.41) is 0. The molecule has 1 saturated heterocycles. The molecule has 1 rings (SSSR count). The van der Waals surface area contributed by atoms with Crippen molar-refractivity contribution >= 4 is 17.8 Å². The van der Waals surface area contributed by atoms with Gasteiger partial charge in [0.05, 0.1) is 13.7 Å². The summed E-state index contributed by atoms with van der Waals surface area (Å²) in [6.07, 6.45) is -1.00. The van der Waals surface area contributed by atoms with E-state index < -0.39 is 35.7 Å². The molecule has 1 fully saturated rings. The molecule has 1 amide bonds. The maximum absolute atomic E-state index is 14.3. The second-order valence-corrected chi connectivity index (χ2v) is 5.37. The van der Waals surface area contributed by atoms with Crippen LogP contribution in [-0.2, 0) is 19.1 Å². The molecule has 1 unspecified atom stereocenters. The van der Waals surface area contributed by atoms with E-state index in [0.29, 0.717) is 0 Å². The van der Waals surface area contributed by atoms with Crippen molar-refractivity contribution in [3.63, 3.8) is 0 Å². The van der Waals surface area contributed by atoms with Gasteiger partial charge in [0.2, 0.25) is 0 Å². The highest BCUT2D eigenvalue weighted by atomic mass is 19.1. The first kappa shape index (κ1) is 15.4. The summed E-state index contributed by atoms with van der Waals surface area (Å²) in [6.45, 7) is 4.36. The molecule has 1 atom stereocenters. The number of methoxy groups -OCH3 is 1. The second kappa shape index (κ2) is 5.14. The fraction of sp³-hybridized carbons (Fsp3) is 0.750. The molecule has 0 N–H and O–H groups in total. The van der Waals surface area contributed by atoms with Gasteiger partial charge in [-0.3, -0.25) is 4.79 Å². The minimum atomic E-state index is -2.80. The molecule has 1 aliphatic heterocycles. The second-order valence-electron chi connectivity index (χ2n) is 5.37. The lowest BCUT2D eigenvalue weighted by molar-refractivity contribution is -0.163. The number of carbonyl (C=O) groups excluding carboxylic acids is 3. The molecule has 0 aromatic carbocycles. The summed E-state index contributed by atoms with van der Waals surface area (Å²) in [7, 11) is 0.989. The van der Waals surface area contributed by atoms with Crippen LogP contribution in [-0.4, -0.2) is 54.2 Å². The van der Waals surface area contributed by atoms with Gasteiger partial charge >= 0.3 is 12.1 Å². The van der Waals surface area contributed by atoms with Gasteiger partial charge in [-0.25, -0.2) is 14.0 Å². The third-order valence-corrected chi connectivity index (χ3v) is 2.62. The van der Waals surface area contributed by atoms with E-state index in [9.17, 15) is 18.8 Å². The van der Waals surface area contributed by atoms with Gasteiger partial charge in [0.25, 0.3) is 5.67 Å². The topological polar surface area (TPSA) is 72.9 Å². The number of esters is 1. The summed E-state index contributed by atoms with van der Waals surface area (Å²) in [4.78, 5) is 35.7. The zero-order valence-electron chi connectivity index (χ0n) is 11.5. The number of nitrogens with zero attached hydrogens (tertiary/aromatic N) is 1. The zero-order valence-corrected chi connectivity index (χ0v) is 11.5. The highest BCUT2D eigenvalue weighted by Gasteiger charge is 2.52. The summed E-state index contributed by atoms with van der Waals surface area (Å²) in [5.41, 5.74) is -3.54. The Kier molecular flexibility index (Phi) is 4.17. The predicted molar refractivity (Wildman–Crippen MR) is 63.3 cm³/mol. The monoisotopic (exact) mass is 275 g/mol. The average molecular weight is 275 g/mol. The van der Waals surface area contributed by atoms with Gasteiger partial charge in [-0.15, -0.1) is 0 Å². The lowest BCUT2D eigenvalue weighted by atomic mass is 9.93. The summed E-state index contributed by atoms with van der Waals surface area (Å²) in [5.74, 6) is -2.16. The first-order chi connectivity index (χ1) is 8.60. The maximum atomic E-state index is 14.3. The number of ketones is 1. The fourth-order valence-electron chi connectivity index (χ4n) is 1.69. The van der Waals surface area contributed by atoms with Gasteiger partial charge in [0, 0.05) is 13.0 Å². The molecule has 0 bridgehead atoms. The smallest absolute Gasteiger partial charge is 0.410 e. The van der Waals surface area contributed by atoms with E-state index in [1.165, 1.54) is 0 Å². The molecule has 19 heavy (non-hydrogen) atoms. The lowest BCUT2D eigenvalue weighted by Gasteiger charge is -2.35. The van der Waals surface area contributed by atoms with Crippen molar-refractivity contribution in [3.8, 4) is 0 Å². The van der Waals surface area contributed by atoms with Crippen molar-refractivity contribution in [2.45, 2.75) is 38.5 Å². The van der Waals surface area contributed by atoms with Crippen molar-refractivity contribution in [2.75, 3.05) is 20.2 Å². The van der Waals surface area contributed by atoms with E-state index in [1.54, 1.807) is 20.8 Å². The van der Waals surface area contributed by atoms with Gasteiger partial charge < -0.3 is 14.4 Å². The molecular formula is C12H18FNO5. The highest BCUT2D eigenvalue weighted by molar-refractivity contribution is 6.08. The number of alkyl halides is 1. The fourth-order valence-corrected chi connectivity index (χ4v) is 1.69. The van der Waals surface area contributed by atoms with Crippen molar-refractivity contribution in [2.24, 2.45) is 0 Å². The first-order valence-corrected chi connectivity index (χ1v) is 5.89. The number of rotatable bonds is 1. The van der Waals surface area contributed by atoms with Crippen molar-refractivity contribution in [3.05, 3.63) is 0 Å². The molecule has 7 heteroatoms. The third kappa shape index (κ3) is 3.42. The predicted octanol–water partition coefficient (Wildman–Crippen LogP) is 1.08. The highest BCUT2D eigenvalue weighted by Crippen LogP contribution is 2.25. The molecule has 1 heterocycles. The van der Waals surface area contributed by atoms with Crippen LogP contribution in [0.3, 0.4) is 0 Å². The number of piperidine rings is 1. The largest absolute Gasteiger partial charge is 0.466 e. The van der Waals surface area contributed by atoms with Crippen molar-refractivity contribution < 1.29 is 28.2 Å². The Labute approximate surface area is 110 Å². The Hall–Kier alpha value is -1.66. The molecule has 108 valence electrons. The SMILES string of the molecule is COC(=O)C1(F)CN(C(=O)OC(C)(C)C)CCC1=O. The summed E-state index contributed by atoms with van der Waals surface area (Å²) < 4.78 is 23.7. The molecule has 0 aromatic rings. The minimum absolute atomic E-state index is 0.0242. The Balaban J connectivity index is 2.83. The van der Waals surface area contributed by atoms with Crippen molar-refractivity contribution in [1.82, 2.24) is 4.90 Å². The van der Waals surface area contributed by atoms with E-state index in [-0.39, 0.29) is 13.0 Å². The van der Waals surface area contributed by atoms with Crippen LogP contribution in [0.15, 0.2) is 0 Å². The van der Waals surface area contributed by atoms with E-state index in [4.69, 9.17) is 4.74 Å². The van der Waals surface area contributed by atoms with Crippen LogP contribution < -0.4 is 0 Å².